The number of carboxylic acids is 1. The van der Waals surface area contributed by atoms with Crippen LogP contribution < -0.4 is 33.2 Å². The number of unbranched alkanes of at least 4 members (excludes halogenated alkanes) is 1. The van der Waals surface area contributed by atoms with Gasteiger partial charge in [0.25, 0.3) is 0 Å². The summed E-state index contributed by atoms with van der Waals surface area (Å²) in [6, 6.07) is -4.09. The molecule has 0 saturated heterocycles. The van der Waals surface area contributed by atoms with Crippen LogP contribution in [-0.2, 0) is 24.0 Å². The standard InChI is InChI=1S/C23H44N6O6/c1-13(2)11-17(28-20(31)15(25)8-9-19(26)30)22(33)29-18(12-14(3)4)21(32)27-16(23(34)35)7-5-6-10-24/h13-18H,5-12,24-25H2,1-4H3,(H2,26,30)(H,27,32)(H,28,31)(H,29,33)(H,34,35). The Labute approximate surface area is 207 Å². The number of carboxylic acid groups (broad SMARTS) is 1. The fourth-order valence-electron chi connectivity index (χ4n) is 3.41. The lowest BCUT2D eigenvalue weighted by Gasteiger charge is -2.27. The largest absolute Gasteiger partial charge is 0.480 e. The van der Waals surface area contributed by atoms with Crippen LogP contribution in [0.15, 0.2) is 0 Å². The van der Waals surface area contributed by atoms with Gasteiger partial charge in [-0.2, -0.15) is 0 Å². The molecule has 12 nitrogen and oxygen atoms in total. The van der Waals surface area contributed by atoms with Gasteiger partial charge in [-0.15, -0.1) is 0 Å². The lowest BCUT2D eigenvalue weighted by molar-refractivity contribution is -0.142. The third kappa shape index (κ3) is 14.3. The first-order valence-electron chi connectivity index (χ1n) is 12.2. The molecule has 0 bridgehead atoms. The minimum Gasteiger partial charge on any atom is -0.480 e. The number of nitrogens with two attached hydrogens (primary N) is 3. The molecule has 0 saturated carbocycles. The van der Waals surface area contributed by atoms with Crippen molar-refractivity contribution in [3.63, 3.8) is 0 Å². The number of nitrogens with one attached hydrogen (secondary N) is 3. The molecule has 4 atom stereocenters. The van der Waals surface area contributed by atoms with Crippen LogP contribution in [0.3, 0.4) is 0 Å². The van der Waals surface area contributed by atoms with Gasteiger partial charge in [-0.3, -0.25) is 19.2 Å². The maximum atomic E-state index is 13.1. The van der Waals surface area contributed by atoms with Crippen molar-refractivity contribution in [3.05, 3.63) is 0 Å². The zero-order valence-electron chi connectivity index (χ0n) is 21.3. The predicted molar refractivity (Wildman–Crippen MR) is 132 cm³/mol. The van der Waals surface area contributed by atoms with Crippen molar-refractivity contribution < 1.29 is 29.1 Å². The van der Waals surface area contributed by atoms with E-state index in [-0.39, 0.29) is 43.9 Å². The summed E-state index contributed by atoms with van der Waals surface area (Å²) in [6.45, 7) is 7.90. The fraction of sp³-hybridized carbons (Fsp3) is 0.783. The summed E-state index contributed by atoms with van der Waals surface area (Å²) in [5, 5.41) is 17.2. The highest BCUT2D eigenvalue weighted by molar-refractivity contribution is 5.94. The molecule has 0 aliphatic heterocycles. The van der Waals surface area contributed by atoms with Crippen LogP contribution in [0.25, 0.3) is 0 Å². The highest BCUT2D eigenvalue weighted by atomic mass is 16.4. The number of rotatable bonds is 18. The van der Waals surface area contributed by atoms with Crippen LogP contribution in [-0.4, -0.2) is 65.4 Å². The predicted octanol–water partition coefficient (Wildman–Crippen LogP) is -0.661. The summed E-state index contributed by atoms with van der Waals surface area (Å²) in [5.74, 6) is -3.50. The van der Waals surface area contributed by atoms with Gasteiger partial charge in [0.2, 0.25) is 23.6 Å². The van der Waals surface area contributed by atoms with Crippen molar-refractivity contribution in [2.75, 3.05) is 6.54 Å². The fourth-order valence-corrected chi connectivity index (χ4v) is 3.41. The van der Waals surface area contributed by atoms with E-state index in [9.17, 15) is 29.1 Å². The number of hydrogen-bond donors (Lipinski definition) is 7. The molecule has 4 amide bonds. The summed E-state index contributed by atoms with van der Waals surface area (Å²) in [4.78, 5) is 61.0. The van der Waals surface area contributed by atoms with Gasteiger partial charge in [0.05, 0.1) is 6.04 Å². The monoisotopic (exact) mass is 500 g/mol. The van der Waals surface area contributed by atoms with E-state index >= 15 is 0 Å². The second-order valence-electron chi connectivity index (χ2n) is 9.68. The van der Waals surface area contributed by atoms with E-state index in [1.54, 1.807) is 0 Å². The van der Waals surface area contributed by atoms with Crippen molar-refractivity contribution in [2.45, 2.75) is 96.8 Å². The van der Waals surface area contributed by atoms with Gasteiger partial charge >= 0.3 is 5.97 Å². The Bertz CT molecular complexity index is 715. The Balaban J connectivity index is 5.44. The molecule has 202 valence electrons. The first-order valence-corrected chi connectivity index (χ1v) is 12.2. The molecule has 0 spiro atoms. The van der Waals surface area contributed by atoms with Crippen molar-refractivity contribution in [1.82, 2.24) is 16.0 Å². The highest BCUT2D eigenvalue weighted by Gasteiger charge is 2.31. The Hall–Kier alpha value is -2.73. The maximum Gasteiger partial charge on any atom is 0.326 e. The van der Waals surface area contributed by atoms with Crippen LogP contribution in [0.5, 0.6) is 0 Å². The van der Waals surface area contributed by atoms with Crippen molar-refractivity contribution in [3.8, 4) is 0 Å². The van der Waals surface area contributed by atoms with Gasteiger partial charge in [-0.05, 0) is 56.9 Å². The van der Waals surface area contributed by atoms with Gasteiger partial charge in [-0.1, -0.05) is 27.7 Å². The average Bonchev–Trinajstić information content (AvgIpc) is 2.74. The van der Waals surface area contributed by atoms with E-state index < -0.39 is 53.8 Å². The van der Waals surface area contributed by atoms with Crippen molar-refractivity contribution in [2.24, 2.45) is 29.0 Å². The topological polar surface area (TPSA) is 220 Å². The molecule has 0 aromatic carbocycles. The van der Waals surface area contributed by atoms with E-state index in [2.05, 4.69) is 16.0 Å². The highest BCUT2D eigenvalue weighted by Crippen LogP contribution is 2.10. The van der Waals surface area contributed by atoms with E-state index in [1.165, 1.54) is 0 Å². The Morgan fingerprint density at radius 1 is 0.743 bits per heavy atom. The van der Waals surface area contributed by atoms with E-state index in [1.807, 2.05) is 27.7 Å². The Morgan fingerprint density at radius 2 is 1.20 bits per heavy atom. The van der Waals surface area contributed by atoms with E-state index in [4.69, 9.17) is 17.2 Å². The van der Waals surface area contributed by atoms with Gasteiger partial charge in [0.15, 0.2) is 0 Å². The molecule has 4 unspecified atom stereocenters. The Kier molecular flexibility index (Phi) is 15.5. The number of carbonyl (C=O) groups is 5. The zero-order valence-corrected chi connectivity index (χ0v) is 21.3. The second-order valence-corrected chi connectivity index (χ2v) is 9.68. The molecule has 0 rings (SSSR count). The summed E-state index contributed by atoms with van der Waals surface area (Å²) in [5.41, 5.74) is 16.4. The molecular weight excluding hydrogens is 456 g/mol. The number of hydrogen-bond acceptors (Lipinski definition) is 7. The van der Waals surface area contributed by atoms with Crippen LogP contribution in [0.4, 0.5) is 0 Å². The molecule has 10 N–H and O–H groups in total. The second kappa shape index (κ2) is 16.8. The lowest BCUT2D eigenvalue weighted by Crippen LogP contribution is -2.57. The van der Waals surface area contributed by atoms with Crippen LogP contribution in [0.1, 0.15) is 72.6 Å². The SMILES string of the molecule is CC(C)CC(NC(=O)C(N)CCC(N)=O)C(=O)NC(CC(C)C)C(=O)NC(CCCCN)C(=O)O. The third-order valence-corrected chi connectivity index (χ3v) is 5.28. The number of carbonyl (C=O) groups excluding carboxylic acids is 4. The van der Waals surface area contributed by atoms with E-state index in [0.29, 0.717) is 19.4 Å². The van der Waals surface area contributed by atoms with Crippen LogP contribution in [0, 0.1) is 11.8 Å². The van der Waals surface area contributed by atoms with Crippen LogP contribution >= 0.6 is 0 Å². The normalized spacial score (nSPS) is 14.6. The van der Waals surface area contributed by atoms with Gasteiger partial charge < -0.3 is 38.3 Å². The summed E-state index contributed by atoms with van der Waals surface area (Å²) in [6.07, 6.45) is 1.91. The van der Waals surface area contributed by atoms with Crippen molar-refractivity contribution in [1.29, 1.82) is 0 Å². The molecule has 12 heteroatoms. The van der Waals surface area contributed by atoms with Gasteiger partial charge in [0.1, 0.15) is 18.1 Å². The zero-order chi connectivity index (χ0) is 27.1. The summed E-state index contributed by atoms with van der Waals surface area (Å²) >= 11 is 0. The Morgan fingerprint density at radius 3 is 1.60 bits per heavy atom. The molecule has 0 aliphatic rings. The molecule has 0 aromatic rings. The smallest absolute Gasteiger partial charge is 0.326 e. The first kappa shape index (κ1) is 32.3. The maximum absolute atomic E-state index is 13.1. The van der Waals surface area contributed by atoms with Crippen LogP contribution in [0.2, 0.25) is 0 Å². The minimum absolute atomic E-state index is 0.0203. The van der Waals surface area contributed by atoms with Gasteiger partial charge in [-0.25, -0.2) is 4.79 Å². The third-order valence-electron chi connectivity index (χ3n) is 5.28. The molecule has 0 aliphatic carbocycles. The van der Waals surface area contributed by atoms with E-state index in [0.717, 1.165) is 0 Å². The number of aliphatic carboxylic acids is 1. The minimum atomic E-state index is -1.17. The molecule has 35 heavy (non-hydrogen) atoms. The average molecular weight is 501 g/mol. The number of amides is 4. The summed E-state index contributed by atoms with van der Waals surface area (Å²) < 4.78 is 0. The lowest BCUT2D eigenvalue weighted by atomic mass is 9.99. The molecule has 0 heterocycles. The first-order chi connectivity index (χ1) is 16.3. The summed E-state index contributed by atoms with van der Waals surface area (Å²) in [7, 11) is 0. The molecule has 0 radical (unpaired) electrons. The van der Waals surface area contributed by atoms with Gasteiger partial charge in [0, 0.05) is 6.42 Å². The quantitative estimate of drug-likeness (QED) is 0.119. The molecular formula is C23H44N6O6. The number of primary amides is 1. The molecule has 0 aromatic heterocycles. The van der Waals surface area contributed by atoms with Crippen molar-refractivity contribution >= 4 is 29.6 Å². The molecule has 0 fully saturated rings.